The number of Topliss-reactive ketones (excluding diaryl/α,β-unsaturated/α-hetero) is 3. The molecule has 3 heterocycles. The summed E-state index contributed by atoms with van der Waals surface area (Å²) in [4.78, 5) is 61.8. The minimum Gasteiger partial charge on any atom is -0.493 e. The normalized spacial score (nSPS) is 19.9. The Morgan fingerprint density at radius 3 is 1.34 bits per heavy atom. The maximum atomic E-state index is 13.9. The van der Waals surface area contributed by atoms with Crippen LogP contribution < -0.4 is 0 Å². The van der Waals surface area contributed by atoms with E-state index in [0.29, 0.717) is 0 Å². The van der Waals surface area contributed by atoms with E-state index in [-0.39, 0.29) is 261 Å². The topological polar surface area (TPSA) is 265 Å². The number of carbonyl (C=O) groups is 4. The molecular weight excluding hydrogens is 1550 g/mol. The zero-order chi connectivity index (χ0) is 35.6. The van der Waals surface area contributed by atoms with Crippen LogP contribution in [0.15, 0.2) is 35.5 Å². The van der Waals surface area contributed by atoms with Crippen molar-refractivity contribution in [3.05, 3.63) is 103 Å². The van der Waals surface area contributed by atoms with Crippen molar-refractivity contribution in [2.24, 2.45) is 0 Å². The van der Waals surface area contributed by atoms with E-state index in [2.05, 4.69) is 15.0 Å². The van der Waals surface area contributed by atoms with Gasteiger partial charge in [0.15, 0.2) is 17.3 Å². The summed E-state index contributed by atoms with van der Waals surface area (Å²) in [5, 5.41) is 65.1. The van der Waals surface area contributed by atoms with Gasteiger partial charge < -0.3 is 59.8 Å². The first-order valence-corrected chi connectivity index (χ1v) is 14.9. The summed E-state index contributed by atoms with van der Waals surface area (Å²) in [7, 11) is 3.61. The number of carbonyl (C=O) groups excluding carboxylic acids is 4. The Labute approximate surface area is 445 Å². The number of ketones is 4. The first kappa shape index (κ1) is 49.8. The Bertz CT molecular complexity index is 2060. The number of nitrogens with one attached hydrogen (secondary N) is 3. The Hall–Kier alpha value is 0.666. The molecule has 0 amide bonds. The third-order valence-electron chi connectivity index (χ3n) is 9.23. The maximum absolute atomic E-state index is 13.9. The average Bonchev–Trinajstić information content (AvgIpc) is 3.78. The average molecular weight is 1590 g/mol. The standard InChI is InChI=1S/C33H33N3O13.4Ac/c1-47-20-4-19(41)26-23(27(20)42)13(16(10-38)34-26)5-32(45)7-21(48-2)28(43)24-14(17(11-39)35-30(24)32)6-33(46)8-22(49-3)29(44)25-15(9-37)18(12-40)36-31(25)33;;;;/h4,7-8,34-40,45-46H,5-6,9-12H2,1-3H3;;;;. The summed E-state index contributed by atoms with van der Waals surface area (Å²) < 4.78 is 15.7. The molecule has 3 aliphatic rings. The number of rotatable bonds is 11. The number of H-pyrrole nitrogens is 3. The molecule has 0 spiro atoms. The van der Waals surface area contributed by atoms with Crippen LogP contribution in [0.4, 0.5) is 0 Å². The zero-order valence-corrected chi connectivity index (χ0v) is 47.8. The molecule has 270 valence electrons. The van der Waals surface area contributed by atoms with E-state index in [9.17, 15) is 49.8 Å². The SMILES string of the molecule is COC1=CC(=O)c2[nH]c(CO)c(CC3(O)C=C(OC)C(=O)c4c3[nH]c(CO)c4CC3(O)C=C(OC)C(=O)c4c3[nH]c(CO)c4CO)c2C1=O.[Ac].[Ac].[Ac].[Ac]. The van der Waals surface area contributed by atoms with Crippen LogP contribution in [0, 0.1) is 176 Å². The fourth-order valence-electron chi connectivity index (χ4n) is 6.94. The number of ether oxygens (including phenoxy) is 3. The van der Waals surface area contributed by atoms with Crippen LogP contribution in [-0.4, -0.2) is 90.1 Å². The van der Waals surface area contributed by atoms with Crippen LogP contribution in [0.2, 0.25) is 0 Å². The fourth-order valence-corrected chi connectivity index (χ4v) is 6.94. The molecule has 3 aliphatic carbocycles. The van der Waals surface area contributed by atoms with Gasteiger partial charge in [-0.1, -0.05) is 0 Å². The molecule has 3 aromatic rings. The number of hydrogen-bond acceptors (Lipinski definition) is 13. The number of fused-ring (bicyclic) bond motifs is 3. The van der Waals surface area contributed by atoms with Gasteiger partial charge >= 0.3 is 0 Å². The monoisotopic (exact) mass is 1590 g/mol. The van der Waals surface area contributed by atoms with E-state index >= 15 is 0 Å². The van der Waals surface area contributed by atoms with Crippen molar-refractivity contribution in [1.29, 1.82) is 0 Å². The first-order valence-electron chi connectivity index (χ1n) is 14.9. The summed E-state index contributed by atoms with van der Waals surface area (Å²) in [6.45, 7) is -2.65. The Morgan fingerprint density at radius 2 is 0.925 bits per heavy atom. The van der Waals surface area contributed by atoms with Crippen molar-refractivity contribution in [3.63, 3.8) is 0 Å². The number of hydrogen-bond donors (Lipinski definition) is 9. The van der Waals surface area contributed by atoms with Crippen molar-refractivity contribution in [2.75, 3.05) is 21.3 Å². The molecule has 0 aromatic carbocycles. The molecule has 20 heteroatoms. The van der Waals surface area contributed by atoms with Crippen LogP contribution in [0.3, 0.4) is 0 Å². The van der Waals surface area contributed by atoms with Gasteiger partial charge in [0.2, 0.25) is 23.1 Å². The van der Waals surface area contributed by atoms with Crippen molar-refractivity contribution in [2.45, 2.75) is 50.5 Å². The van der Waals surface area contributed by atoms with Gasteiger partial charge in [-0.3, -0.25) is 19.2 Å². The molecule has 0 saturated heterocycles. The summed E-state index contributed by atoms with van der Waals surface area (Å²) in [5.74, 6) is -3.58. The van der Waals surface area contributed by atoms with Crippen molar-refractivity contribution in [3.8, 4) is 0 Å². The first-order chi connectivity index (χ1) is 23.3. The second-order valence-electron chi connectivity index (χ2n) is 11.8. The summed E-state index contributed by atoms with van der Waals surface area (Å²) >= 11 is 0. The molecule has 0 saturated carbocycles. The molecule has 9 N–H and O–H groups in total. The van der Waals surface area contributed by atoms with Crippen molar-refractivity contribution >= 4 is 23.1 Å². The van der Waals surface area contributed by atoms with E-state index in [1.54, 1.807) is 0 Å². The Kier molecular flexibility index (Phi) is 18.4. The van der Waals surface area contributed by atoms with Crippen LogP contribution in [0.25, 0.3) is 0 Å². The predicted molar refractivity (Wildman–Crippen MR) is 164 cm³/mol. The van der Waals surface area contributed by atoms with Crippen molar-refractivity contribution in [1.82, 2.24) is 15.0 Å². The van der Waals surface area contributed by atoms with E-state index in [1.165, 1.54) is 21.3 Å². The van der Waals surface area contributed by atoms with Gasteiger partial charge in [-0.05, 0) is 23.3 Å². The number of aliphatic hydroxyl groups excluding tert-OH is 4. The van der Waals surface area contributed by atoms with E-state index < -0.39 is 73.6 Å². The quantitative estimate of drug-likeness (QED) is 0.121. The minimum absolute atomic E-state index is 0. The van der Waals surface area contributed by atoms with Gasteiger partial charge in [-0.15, -0.1) is 0 Å². The minimum atomic E-state index is -2.20. The Balaban J connectivity index is 0.00000243. The second kappa shape index (κ2) is 19.6. The van der Waals surface area contributed by atoms with Crippen LogP contribution >= 0.6 is 0 Å². The van der Waals surface area contributed by atoms with Gasteiger partial charge in [-0.25, -0.2) is 0 Å². The largest absolute Gasteiger partial charge is 0.493 e. The number of methoxy groups -OCH3 is 3. The Morgan fingerprint density at radius 1 is 0.547 bits per heavy atom. The predicted octanol–water partition coefficient (Wildman–Crippen LogP) is -0.137. The van der Waals surface area contributed by atoms with Gasteiger partial charge in [-0.2, -0.15) is 0 Å². The summed E-state index contributed by atoms with van der Waals surface area (Å²) in [6.07, 6.45) is 2.21. The molecule has 2 unspecified atom stereocenters. The fraction of sp³-hybridized carbons (Fsp3) is 0.333. The smallest absolute Gasteiger partial charge is 0.230 e. The maximum Gasteiger partial charge on any atom is 0.230 e. The third-order valence-corrected chi connectivity index (χ3v) is 9.23. The van der Waals surface area contributed by atoms with E-state index in [0.717, 1.165) is 18.2 Å². The number of aliphatic hydroxyl groups is 6. The molecule has 6 rings (SSSR count). The van der Waals surface area contributed by atoms with E-state index in [1.807, 2.05) is 0 Å². The van der Waals surface area contributed by atoms with E-state index in [4.69, 9.17) is 14.2 Å². The molecule has 53 heavy (non-hydrogen) atoms. The van der Waals surface area contributed by atoms with Crippen molar-refractivity contribution < 1.29 is 240 Å². The number of aromatic amines is 3. The molecule has 4 radical (unpaired) electrons. The molecule has 3 aromatic heterocycles. The number of allylic oxidation sites excluding steroid dienone is 4. The summed E-state index contributed by atoms with van der Waals surface area (Å²) in [5.41, 5.74) is -5.02. The molecule has 0 aliphatic heterocycles. The third kappa shape index (κ3) is 8.43. The zero-order valence-electron chi connectivity index (χ0n) is 28.8. The van der Waals surface area contributed by atoms with Gasteiger partial charge in [0.1, 0.15) is 11.2 Å². The summed E-state index contributed by atoms with van der Waals surface area (Å²) in [6, 6.07) is 0. The van der Waals surface area contributed by atoms with Gasteiger partial charge in [0.05, 0.1) is 81.5 Å². The van der Waals surface area contributed by atoms with Crippen LogP contribution in [0.5, 0.6) is 0 Å². The molecule has 0 bridgehead atoms. The molecule has 2 atom stereocenters. The van der Waals surface area contributed by atoms with Crippen LogP contribution in [0.1, 0.15) is 86.7 Å². The molecule has 16 nitrogen and oxygen atoms in total. The number of aromatic nitrogens is 3. The second-order valence-corrected chi connectivity index (χ2v) is 11.8. The van der Waals surface area contributed by atoms with Crippen LogP contribution in [-0.2, 0) is 64.7 Å². The van der Waals surface area contributed by atoms with Gasteiger partial charge in [0.25, 0.3) is 0 Å². The van der Waals surface area contributed by atoms with Gasteiger partial charge in [0, 0.05) is 218 Å². The molecular formula is C33H33Ac4N3O13. The molecule has 0 fully saturated rings.